The first-order valence-electron chi connectivity index (χ1n) is 5.84. The standard InChI is InChI=1S/C15H14O4/c1-9(10-2-4-11(16)5-3-10)15(19)13-7-6-12(17)8-14(13)18/h2-9,16-18H,1H3/t9-/m0/s1. The van der Waals surface area contributed by atoms with Crippen molar-refractivity contribution in [3.8, 4) is 17.2 Å². The van der Waals surface area contributed by atoms with Crippen LogP contribution in [0.4, 0.5) is 0 Å². The van der Waals surface area contributed by atoms with Crippen molar-refractivity contribution in [3.05, 3.63) is 53.6 Å². The first kappa shape index (κ1) is 13.0. The molecule has 0 aromatic heterocycles. The molecule has 0 saturated heterocycles. The third-order valence-electron chi connectivity index (χ3n) is 3.03. The smallest absolute Gasteiger partial charge is 0.173 e. The molecule has 0 unspecified atom stereocenters. The quantitative estimate of drug-likeness (QED) is 0.740. The lowest BCUT2D eigenvalue weighted by Gasteiger charge is -2.12. The van der Waals surface area contributed by atoms with Gasteiger partial charge in [-0.05, 0) is 29.8 Å². The Kier molecular flexibility index (Phi) is 3.42. The first-order valence-corrected chi connectivity index (χ1v) is 5.84. The van der Waals surface area contributed by atoms with Crippen LogP contribution in [0.5, 0.6) is 17.2 Å². The highest BCUT2D eigenvalue weighted by atomic mass is 16.3. The lowest BCUT2D eigenvalue weighted by Crippen LogP contribution is -2.09. The zero-order valence-corrected chi connectivity index (χ0v) is 10.4. The summed E-state index contributed by atoms with van der Waals surface area (Å²) in [7, 11) is 0. The molecule has 2 rings (SSSR count). The molecule has 0 bridgehead atoms. The van der Waals surface area contributed by atoms with E-state index in [1.54, 1.807) is 19.1 Å². The molecule has 0 aliphatic carbocycles. The molecule has 0 amide bonds. The fraction of sp³-hybridized carbons (Fsp3) is 0.133. The molecule has 0 spiro atoms. The van der Waals surface area contributed by atoms with Gasteiger partial charge in [0.05, 0.1) is 5.56 Å². The Morgan fingerprint density at radius 1 is 0.947 bits per heavy atom. The average molecular weight is 258 g/mol. The van der Waals surface area contributed by atoms with Gasteiger partial charge < -0.3 is 15.3 Å². The van der Waals surface area contributed by atoms with Gasteiger partial charge in [-0.2, -0.15) is 0 Å². The van der Waals surface area contributed by atoms with E-state index in [1.807, 2.05) is 0 Å². The number of phenols is 3. The van der Waals surface area contributed by atoms with Gasteiger partial charge in [-0.3, -0.25) is 4.79 Å². The highest BCUT2D eigenvalue weighted by Gasteiger charge is 2.20. The van der Waals surface area contributed by atoms with Gasteiger partial charge in [-0.15, -0.1) is 0 Å². The van der Waals surface area contributed by atoms with Crippen LogP contribution < -0.4 is 0 Å². The molecule has 0 heterocycles. The van der Waals surface area contributed by atoms with Crippen molar-refractivity contribution in [2.75, 3.05) is 0 Å². The second-order valence-electron chi connectivity index (χ2n) is 4.38. The Labute approximate surface area is 110 Å². The van der Waals surface area contributed by atoms with E-state index in [2.05, 4.69) is 0 Å². The van der Waals surface area contributed by atoms with Crippen LogP contribution in [0.3, 0.4) is 0 Å². The molecule has 4 heteroatoms. The fourth-order valence-electron chi connectivity index (χ4n) is 1.88. The van der Waals surface area contributed by atoms with Crippen LogP contribution in [0.25, 0.3) is 0 Å². The van der Waals surface area contributed by atoms with Gasteiger partial charge in [0.25, 0.3) is 0 Å². The molecular weight excluding hydrogens is 244 g/mol. The molecule has 0 fully saturated rings. The summed E-state index contributed by atoms with van der Waals surface area (Å²) in [5.74, 6) is -0.892. The first-order chi connectivity index (χ1) is 8.99. The summed E-state index contributed by atoms with van der Waals surface area (Å²) in [5, 5.41) is 28.1. The van der Waals surface area contributed by atoms with E-state index in [0.717, 1.165) is 11.6 Å². The largest absolute Gasteiger partial charge is 0.508 e. The van der Waals surface area contributed by atoms with Crippen molar-refractivity contribution in [3.63, 3.8) is 0 Å². The van der Waals surface area contributed by atoms with Gasteiger partial charge in [-0.1, -0.05) is 19.1 Å². The topological polar surface area (TPSA) is 77.8 Å². The third kappa shape index (κ3) is 2.68. The third-order valence-corrected chi connectivity index (χ3v) is 3.03. The lowest BCUT2D eigenvalue weighted by molar-refractivity contribution is 0.0963. The predicted octanol–water partition coefficient (Wildman–Crippen LogP) is 2.79. The number of hydrogen-bond acceptors (Lipinski definition) is 4. The van der Waals surface area contributed by atoms with Crippen molar-refractivity contribution in [1.82, 2.24) is 0 Å². The number of benzene rings is 2. The predicted molar refractivity (Wildman–Crippen MR) is 70.6 cm³/mol. The van der Waals surface area contributed by atoms with Crippen LogP contribution in [0.15, 0.2) is 42.5 Å². The van der Waals surface area contributed by atoms with Gasteiger partial charge in [0.15, 0.2) is 5.78 Å². The molecule has 1 atom stereocenters. The number of aromatic hydroxyl groups is 3. The fourth-order valence-corrected chi connectivity index (χ4v) is 1.88. The number of ketones is 1. The van der Waals surface area contributed by atoms with Gasteiger partial charge in [0.1, 0.15) is 17.2 Å². The zero-order valence-electron chi connectivity index (χ0n) is 10.4. The second kappa shape index (κ2) is 5.02. The summed E-state index contributed by atoms with van der Waals surface area (Å²) < 4.78 is 0. The minimum absolute atomic E-state index is 0.0914. The maximum Gasteiger partial charge on any atom is 0.173 e. The Morgan fingerprint density at radius 2 is 1.53 bits per heavy atom. The van der Waals surface area contributed by atoms with Crippen LogP contribution in [0.2, 0.25) is 0 Å². The van der Waals surface area contributed by atoms with Crippen LogP contribution >= 0.6 is 0 Å². The van der Waals surface area contributed by atoms with Gasteiger partial charge in [0.2, 0.25) is 0 Å². The van der Waals surface area contributed by atoms with Crippen molar-refractivity contribution >= 4 is 5.78 Å². The van der Waals surface area contributed by atoms with Crippen LogP contribution in [-0.2, 0) is 0 Å². The number of carbonyl (C=O) groups is 1. The average Bonchev–Trinajstić information content (AvgIpc) is 2.38. The van der Waals surface area contributed by atoms with E-state index in [9.17, 15) is 20.1 Å². The Bertz CT molecular complexity index is 602. The normalized spacial score (nSPS) is 12.1. The van der Waals surface area contributed by atoms with E-state index in [1.165, 1.54) is 24.3 Å². The highest BCUT2D eigenvalue weighted by Crippen LogP contribution is 2.29. The van der Waals surface area contributed by atoms with Crippen LogP contribution in [0.1, 0.15) is 28.8 Å². The van der Waals surface area contributed by atoms with Crippen molar-refractivity contribution in [2.24, 2.45) is 0 Å². The number of hydrogen-bond donors (Lipinski definition) is 3. The van der Waals surface area contributed by atoms with E-state index in [-0.39, 0.29) is 28.6 Å². The van der Waals surface area contributed by atoms with Crippen molar-refractivity contribution in [1.29, 1.82) is 0 Å². The molecular formula is C15H14O4. The molecule has 2 aromatic rings. The molecule has 3 N–H and O–H groups in total. The summed E-state index contributed by atoms with van der Waals surface area (Å²) in [5.41, 5.74) is 0.911. The summed E-state index contributed by atoms with van der Waals surface area (Å²) in [6.07, 6.45) is 0. The number of phenolic OH excluding ortho intramolecular Hbond substituents is 3. The number of carbonyl (C=O) groups excluding carboxylic acids is 1. The maximum absolute atomic E-state index is 12.3. The van der Waals surface area contributed by atoms with Crippen molar-refractivity contribution < 1.29 is 20.1 Å². The highest BCUT2D eigenvalue weighted by molar-refractivity contribution is 6.03. The molecule has 19 heavy (non-hydrogen) atoms. The van der Waals surface area contributed by atoms with Crippen molar-refractivity contribution in [2.45, 2.75) is 12.8 Å². The van der Waals surface area contributed by atoms with E-state index >= 15 is 0 Å². The Morgan fingerprint density at radius 3 is 2.11 bits per heavy atom. The minimum Gasteiger partial charge on any atom is -0.508 e. The summed E-state index contributed by atoms with van der Waals surface area (Å²) in [6, 6.07) is 10.2. The van der Waals surface area contributed by atoms with Gasteiger partial charge >= 0.3 is 0 Å². The minimum atomic E-state index is -0.448. The second-order valence-corrected chi connectivity index (χ2v) is 4.38. The maximum atomic E-state index is 12.3. The van der Waals surface area contributed by atoms with E-state index in [4.69, 9.17) is 0 Å². The molecule has 98 valence electrons. The molecule has 0 aliphatic heterocycles. The Hall–Kier alpha value is -2.49. The summed E-state index contributed by atoms with van der Waals surface area (Å²) >= 11 is 0. The molecule has 0 saturated carbocycles. The lowest BCUT2D eigenvalue weighted by atomic mass is 9.92. The Balaban J connectivity index is 2.30. The van der Waals surface area contributed by atoms with Gasteiger partial charge in [-0.25, -0.2) is 0 Å². The summed E-state index contributed by atoms with van der Waals surface area (Å²) in [4.78, 5) is 12.3. The SMILES string of the molecule is C[C@H](C(=O)c1ccc(O)cc1O)c1ccc(O)cc1. The monoisotopic (exact) mass is 258 g/mol. The van der Waals surface area contributed by atoms with Gasteiger partial charge in [0, 0.05) is 12.0 Å². The summed E-state index contributed by atoms with van der Waals surface area (Å²) in [6.45, 7) is 1.72. The zero-order chi connectivity index (χ0) is 14.0. The van der Waals surface area contributed by atoms with E-state index in [0.29, 0.717) is 0 Å². The van der Waals surface area contributed by atoms with Crippen LogP contribution in [-0.4, -0.2) is 21.1 Å². The molecule has 4 nitrogen and oxygen atoms in total. The number of rotatable bonds is 3. The van der Waals surface area contributed by atoms with E-state index < -0.39 is 5.92 Å². The molecule has 0 aliphatic rings. The molecule has 2 aromatic carbocycles. The molecule has 0 radical (unpaired) electrons. The number of Topliss-reactive ketones (excluding diaryl/α,β-unsaturated/α-hetero) is 1. The van der Waals surface area contributed by atoms with Crippen LogP contribution in [0, 0.1) is 0 Å².